The zero-order valence-corrected chi connectivity index (χ0v) is 8.94. The zero-order valence-electron chi connectivity index (χ0n) is 8.12. The van der Waals surface area contributed by atoms with Crippen molar-refractivity contribution in [2.45, 2.75) is 26.2 Å². The van der Waals surface area contributed by atoms with E-state index in [0.29, 0.717) is 19.5 Å². The zero-order chi connectivity index (χ0) is 9.90. The standard InChI is InChI=1S/C9H17NO2S/c1-3-8-13(11,12)10-6-4-9(2)5-7-10/h2-8H2,1H3. The first-order valence-electron chi connectivity index (χ1n) is 4.70. The van der Waals surface area contributed by atoms with Crippen LogP contribution in [-0.2, 0) is 10.0 Å². The second-order valence-electron chi connectivity index (χ2n) is 3.47. The van der Waals surface area contributed by atoms with Gasteiger partial charge in [0.25, 0.3) is 0 Å². The van der Waals surface area contributed by atoms with Crippen molar-refractivity contribution in [3.63, 3.8) is 0 Å². The molecule has 0 amide bonds. The molecule has 1 heterocycles. The number of rotatable bonds is 3. The van der Waals surface area contributed by atoms with Crippen LogP contribution in [0.2, 0.25) is 0 Å². The summed E-state index contributed by atoms with van der Waals surface area (Å²) >= 11 is 0. The van der Waals surface area contributed by atoms with Gasteiger partial charge in [0.1, 0.15) is 0 Å². The van der Waals surface area contributed by atoms with E-state index in [4.69, 9.17) is 0 Å². The monoisotopic (exact) mass is 203 g/mol. The van der Waals surface area contributed by atoms with E-state index in [-0.39, 0.29) is 5.75 Å². The van der Waals surface area contributed by atoms with Crippen LogP contribution >= 0.6 is 0 Å². The summed E-state index contributed by atoms with van der Waals surface area (Å²) in [6.45, 7) is 7.00. The number of piperidine rings is 1. The van der Waals surface area contributed by atoms with Crippen LogP contribution in [0.3, 0.4) is 0 Å². The molecule has 1 rings (SSSR count). The lowest BCUT2D eigenvalue weighted by atomic mass is 10.1. The third-order valence-corrected chi connectivity index (χ3v) is 4.36. The Labute approximate surface area is 80.5 Å². The quantitative estimate of drug-likeness (QED) is 0.650. The van der Waals surface area contributed by atoms with Gasteiger partial charge in [0.2, 0.25) is 10.0 Å². The summed E-state index contributed by atoms with van der Waals surface area (Å²) in [5.74, 6) is 0.277. The maximum atomic E-state index is 11.6. The molecular formula is C9H17NO2S. The van der Waals surface area contributed by atoms with Crippen molar-refractivity contribution in [3.8, 4) is 0 Å². The smallest absolute Gasteiger partial charge is 0.212 e. The van der Waals surface area contributed by atoms with Crippen LogP contribution in [-0.4, -0.2) is 31.6 Å². The van der Waals surface area contributed by atoms with Crippen molar-refractivity contribution in [3.05, 3.63) is 12.2 Å². The summed E-state index contributed by atoms with van der Waals surface area (Å²) in [6, 6.07) is 0. The van der Waals surface area contributed by atoms with Crippen molar-refractivity contribution >= 4 is 10.0 Å². The van der Waals surface area contributed by atoms with Crippen LogP contribution in [0.15, 0.2) is 12.2 Å². The predicted molar refractivity (Wildman–Crippen MR) is 54.0 cm³/mol. The molecule has 13 heavy (non-hydrogen) atoms. The van der Waals surface area contributed by atoms with Crippen molar-refractivity contribution in [2.75, 3.05) is 18.8 Å². The first kappa shape index (κ1) is 10.7. The molecule has 0 aromatic rings. The van der Waals surface area contributed by atoms with Crippen LogP contribution < -0.4 is 0 Å². The molecule has 0 spiro atoms. The van der Waals surface area contributed by atoms with Crippen LogP contribution in [0.4, 0.5) is 0 Å². The topological polar surface area (TPSA) is 37.4 Å². The molecule has 3 nitrogen and oxygen atoms in total. The van der Waals surface area contributed by atoms with Crippen LogP contribution in [0.25, 0.3) is 0 Å². The summed E-state index contributed by atoms with van der Waals surface area (Å²) < 4.78 is 24.8. The molecule has 0 unspecified atom stereocenters. The predicted octanol–water partition coefficient (Wildman–Crippen LogP) is 1.38. The van der Waals surface area contributed by atoms with Gasteiger partial charge in [-0.15, -0.1) is 0 Å². The van der Waals surface area contributed by atoms with E-state index in [1.807, 2.05) is 6.92 Å². The Morgan fingerprint density at radius 2 is 1.92 bits per heavy atom. The molecule has 0 atom stereocenters. The molecule has 1 saturated heterocycles. The van der Waals surface area contributed by atoms with Crippen LogP contribution in [0.5, 0.6) is 0 Å². The average Bonchev–Trinajstić information content (AvgIpc) is 2.05. The van der Waals surface area contributed by atoms with Crippen molar-refractivity contribution < 1.29 is 8.42 Å². The van der Waals surface area contributed by atoms with E-state index >= 15 is 0 Å². The first-order chi connectivity index (χ1) is 6.06. The Morgan fingerprint density at radius 1 is 1.38 bits per heavy atom. The minimum absolute atomic E-state index is 0.277. The summed E-state index contributed by atoms with van der Waals surface area (Å²) in [5.41, 5.74) is 1.17. The highest BCUT2D eigenvalue weighted by Gasteiger charge is 2.23. The highest BCUT2D eigenvalue weighted by molar-refractivity contribution is 7.89. The van der Waals surface area contributed by atoms with Gasteiger partial charge in [0, 0.05) is 13.1 Å². The van der Waals surface area contributed by atoms with E-state index in [0.717, 1.165) is 12.8 Å². The Kier molecular flexibility index (Phi) is 3.50. The fourth-order valence-corrected chi connectivity index (χ4v) is 2.98. The van der Waals surface area contributed by atoms with Gasteiger partial charge in [-0.05, 0) is 19.3 Å². The molecule has 0 aromatic heterocycles. The van der Waals surface area contributed by atoms with E-state index < -0.39 is 10.0 Å². The third kappa shape index (κ3) is 2.81. The largest absolute Gasteiger partial charge is 0.214 e. The van der Waals surface area contributed by atoms with Gasteiger partial charge in [0.05, 0.1) is 5.75 Å². The molecule has 1 fully saturated rings. The Bertz CT molecular complexity index is 272. The van der Waals surface area contributed by atoms with Crippen molar-refractivity contribution in [1.29, 1.82) is 0 Å². The lowest BCUT2D eigenvalue weighted by Crippen LogP contribution is -2.37. The molecule has 4 heteroatoms. The molecule has 76 valence electrons. The van der Waals surface area contributed by atoms with Gasteiger partial charge in [-0.25, -0.2) is 12.7 Å². The second kappa shape index (κ2) is 4.24. The van der Waals surface area contributed by atoms with Gasteiger partial charge >= 0.3 is 0 Å². The first-order valence-corrected chi connectivity index (χ1v) is 6.31. The molecule has 0 radical (unpaired) electrons. The third-order valence-electron chi connectivity index (χ3n) is 2.28. The average molecular weight is 203 g/mol. The second-order valence-corrected chi connectivity index (χ2v) is 5.55. The van der Waals surface area contributed by atoms with Crippen LogP contribution in [0, 0.1) is 0 Å². The Hall–Kier alpha value is -0.350. The van der Waals surface area contributed by atoms with E-state index in [2.05, 4.69) is 6.58 Å². The SMILES string of the molecule is C=C1CCN(S(=O)(=O)CCC)CC1. The molecule has 0 bridgehead atoms. The minimum atomic E-state index is -2.96. The molecular weight excluding hydrogens is 186 g/mol. The lowest BCUT2D eigenvalue weighted by Gasteiger charge is -2.26. The Morgan fingerprint density at radius 3 is 2.38 bits per heavy atom. The summed E-state index contributed by atoms with van der Waals surface area (Å²) in [6.07, 6.45) is 2.34. The minimum Gasteiger partial charge on any atom is -0.212 e. The molecule has 0 aliphatic carbocycles. The Balaban J connectivity index is 2.58. The molecule has 1 aliphatic rings. The van der Waals surface area contributed by atoms with E-state index in [1.54, 1.807) is 4.31 Å². The van der Waals surface area contributed by atoms with Crippen LogP contribution in [0.1, 0.15) is 26.2 Å². The molecule has 0 N–H and O–H groups in total. The maximum Gasteiger partial charge on any atom is 0.214 e. The van der Waals surface area contributed by atoms with E-state index in [9.17, 15) is 8.42 Å². The van der Waals surface area contributed by atoms with Gasteiger partial charge < -0.3 is 0 Å². The van der Waals surface area contributed by atoms with Gasteiger partial charge in [-0.1, -0.05) is 19.1 Å². The molecule has 1 aliphatic heterocycles. The fourth-order valence-electron chi connectivity index (χ4n) is 1.47. The number of hydrogen-bond donors (Lipinski definition) is 0. The molecule has 0 aromatic carbocycles. The normalized spacial score (nSPS) is 20.5. The van der Waals surface area contributed by atoms with Gasteiger partial charge in [0.15, 0.2) is 0 Å². The lowest BCUT2D eigenvalue weighted by molar-refractivity contribution is 0.387. The summed E-state index contributed by atoms with van der Waals surface area (Å²) in [5, 5.41) is 0. The number of sulfonamides is 1. The molecule has 0 saturated carbocycles. The highest BCUT2D eigenvalue weighted by atomic mass is 32.2. The van der Waals surface area contributed by atoms with Crippen molar-refractivity contribution in [1.82, 2.24) is 4.31 Å². The van der Waals surface area contributed by atoms with E-state index in [1.165, 1.54) is 5.57 Å². The summed E-state index contributed by atoms with van der Waals surface area (Å²) in [4.78, 5) is 0. The van der Waals surface area contributed by atoms with Gasteiger partial charge in [-0.2, -0.15) is 0 Å². The van der Waals surface area contributed by atoms with Gasteiger partial charge in [-0.3, -0.25) is 0 Å². The fraction of sp³-hybridized carbons (Fsp3) is 0.778. The maximum absolute atomic E-state index is 11.6. The summed E-state index contributed by atoms with van der Waals surface area (Å²) in [7, 11) is -2.96. The number of hydrogen-bond acceptors (Lipinski definition) is 2. The number of nitrogens with zero attached hydrogens (tertiary/aromatic N) is 1. The van der Waals surface area contributed by atoms with Crippen molar-refractivity contribution in [2.24, 2.45) is 0 Å². The highest BCUT2D eigenvalue weighted by Crippen LogP contribution is 2.17.